The van der Waals surface area contributed by atoms with Gasteiger partial charge in [-0.2, -0.15) is 0 Å². The molecule has 2 aromatic rings. The van der Waals surface area contributed by atoms with Crippen molar-refractivity contribution in [3.05, 3.63) is 50.4 Å². The summed E-state index contributed by atoms with van der Waals surface area (Å²) >= 11 is 7.62. The molecule has 1 aliphatic carbocycles. The summed E-state index contributed by atoms with van der Waals surface area (Å²) in [6.45, 7) is 0. The summed E-state index contributed by atoms with van der Waals surface area (Å²) in [6, 6.07) is 7.86. The van der Waals surface area contributed by atoms with Gasteiger partial charge >= 0.3 is 0 Å². The Balaban J connectivity index is 1.85. The van der Waals surface area contributed by atoms with Gasteiger partial charge in [-0.1, -0.05) is 23.7 Å². The molecule has 0 saturated carbocycles. The highest BCUT2D eigenvalue weighted by Gasteiger charge is 2.22. The topological polar surface area (TPSA) is 33.1 Å². The monoisotopic (exact) mass is 279 g/mol. The highest BCUT2D eigenvalue weighted by Crippen LogP contribution is 2.34. The third-order valence-electron chi connectivity index (χ3n) is 3.21. The molecule has 0 bridgehead atoms. The number of benzene rings is 1. The molecule has 0 fully saturated rings. The van der Waals surface area contributed by atoms with Crippen LogP contribution in [-0.4, -0.2) is 10.1 Å². The van der Waals surface area contributed by atoms with E-state index in [9.17, 15) is 5.11 Å². The van der Waals surface area contributed by atoms with E-state index in [-0.39, 0.29) is 6.10 Å². The highest BCUT2D eigenvalue weighted by atomic mass is 35.5. The minimum Gasteiger partial charge on any atom is -0.388 e. The van der Waals surface area contributed by atoms with Crippen molar-refractivity contribution in [1.29, 1.82) is 0 Å². The Bertz CT molecular complexity index is 567. The number of halogens is 1. The van der Waals surface area contributed by atoms with Gasteiger partial charge in [0.05, 0.1) is 21.7 Å². The van der Waals surface area contributed by atoms with Gasteiger partial charge in [-0.15, -0.1) is 11.3 Å². The lowest BCUT2D eigenvalue weighted by Gasteiger charge is -2.14. The average molecular weight is 280 g/mol. The lowest BCUT2D eigenvalue weighted by molar-refractivity contribution is 0.160. The second-order valence-corrected chi connectivity index (χ2v) is 6.18. The smallest absolute Gasteiger partial charge is 0.0975 e. The van der Waals surface area contributed by atoms with Crippen molar-refractivity contribution in [1.82, 2.24) is 4.98 Å². The molecule has 18 heavy (non-hydrogen) atoms. The first-order valence-corrected chi connectivity index (χ1v) is 7.33. The molecule has 1 aliphatic rings. The molecule has 0 saturated heterocycles. The fourth-order valence-electron chi connectivity index (χ4n) is 2.34. The van der Waals surface area contributed by atoms with E-state index in [0.29, 0.717) is 0 Å². The second kappa shape index (κ2) is 5.00. The minimum absolute atomic E-state index is 0.306. The number of aliphatic hydroxyl groups is 1. The molecular weight excluding hydrogens is 266 g/mol. The average Bonchev–Trinajstić information content (AvgIpc) is 2.73. The number of fused-ring (bicyclic) bond motifs is 1. The molecule has 1 aromatic carbocycles. The summed E-state index contributed by atoms with van der Waals surface area (Å²) in [7, 11) is 0. The lowest BCUT2D eigenvalue weighted by Crippen LogP contribution is -2.06. The van der Waals surface area contributed by atoms with E-state index in [0.717, 1.165) is 46.3 Å². The molecule has 1 N–H and O–H groups in total. The zero-order valence-electron chi connectivity index (χ0n) is 9.90. The van der Waals surface area contributed by atoms with Gasteiger partial charge in [0.25, 0.3) is 0 Å². The fourth-order valence-corrected chi connectivity index (χ4v) is 3.73. The third kappa shape index (κ3) is 2.44. The predicted octanol–water partition coefficient (Wildman–Crippen LogP) is 3.76. The largest absolute Gasteiger partial charge is 0.388 e. The zero-order valence-corrected chi connectivity index (χ0v) is 11.5. The molecule has 0 spiro atoms. The van der Waals surface area contributed by atoms with Crippen LogP contribution >= 0.6 is 22.9 Å². The van der Waals surface area contributed by atoms with Gasteiger partial charge in [-0.05, 0) is 37.0 Å². The standard InChI is InChI=1S/C14H14ClNOS/c15-10-4-1-3-9(7-10)8-13-16-11-5-2-6-12(17)14(11)18-13/h1,3-4,7,12,17H,2,5-6,8H2. The van der Waals surface area contributed by atoms with E-state index in [4.69, 9.17) is 11.6 Å². The van der Waals surface area contributed by atoms with Crippen LogP contribution in [0.15, 0.2) is 24.3 Å². The van der Waals surface area contributed by atoms with Gasteiger partial charge in [0, 0.05) is 11.4 Å². The lowest BCUT2D eigenvalue weighted by atomic mass is 10.0. The van der Waals surface area contributed by atoms with Crippen LogP contribution < -0.4 is 0 Å². The molecule has 0 radical (unpaired) electrons. The van der Waals surface area contributed by atoms with Crippen LogP contribution in [0.2, 0.25) is 5.02 Å². The van der Waals surface area contributed by atoms with Crippen molar-refractivity contribution >= 4 is 22.9 Å². The van der Waals surface area contributed by atoms with Gasteiger partial charge in [0.1, 0.15) is 0 Å². The first-order chi connectivity index (χ1) is 8.72. The summed E-state index contributed by atoms with van der Waals surface area (Å²) in [5.41, 5.74) is 2.26. The maximum atomic E-state index is 9.93. The van der Waals surface area contributed by atoms with Crippen molar-refractivity contribution in [3.8, 4) is 0 Å². The summed E-state index contributed by atoms with van der Waals surface area (Å²) < 4.78 is 0. The van der Waals surface area contributed by atoms with Crippen LogP contribution in [-0.2, 0) is 12.8 Å². The molecule has 1 heterocycles. The Kier molecular flexibility index (Phi) is 3.37. The predicted molar refractivity (Wildman–Crippen MR) is 74.3 cm³/mol. The van der Waals surface area contributed by atoms with Crippen molar-refractivity contribution in [2.24, 2.45) is 0 Å². The molecule has 1 aromatic heterocycles. The minimum atomic E-state index is -0.306. The summed E-state index contributed by atoms with van der Waals surface area (Å²) in [5, 5.41) is 11.8. The maximum Gasteiger partial charge on any atom is 0.0975 e. The summed E-state index contributed by atoms with van der Waals surface area (Å²) in [5.74, 6) is 0. The molecule has 2 nitrogen and oxygen atoms in total. The van der Waals surface area contributed by atoms with Crippen LogP contribution in [0, 0.1) is 0 Å². The summed E-state index contributed by atoms with van der Waals surface area (Å²) in [6.07, 6.45) is 3.39. The van der Waals surface area contributed by atoms with E-state index < -0.39 is 0 Å². The molecule has 0 amide bonds. The SMILES string of the molecule is OC1CCCc2nc(Cc3cccc(Cl)c3)sc21. The van der Waals surface area contributed by atoms with E-state index in [1.54, 1.807) is 11.3 Å². The normalized spacial score (nSPS) is 18.7. The molecule has 3 rings (SSSR count). The number of hydrogen-bond acceptors (Lipinski definition) is 3. The van der Waals surface area contributed by atoms with E-state index in [1.807, 2.05) is 18.2 Å². The number of thiazole rings is 1. The fraction of sp³-hybridized carbons (Fsp3) is 0.357. The number of aliphatic hydroxyl groups excluding tert-OH is 1. The Morgan fingerprint density at radius 1 is 1.44 bits per heavy atom. The van der Waals surface area contributed by atoms with Crippen molar-refractivity contribution in [3.63, 3.8) is 0 Å². The molecular formula is C14H14ClNOS. The second-order valence-electron chi connectivity index (χ2n) is 4.63. The number of aryl methyl sites for hydroxylation is 1. The van der Waals surface area contributed by atoms with E-state index in [2.05, 4.69) is 11.1 Å². The number of hydrogen-bond donors (Lipinski definition) is 1. The van der Waals surface area contributed by atoms with Gasteiger partial charge in [-0.3, -0.25) is 0 Å². The van der Waals surface area contributed by atoms with Crippen LogP contribution in [0.25, 0.3) is 0 Å². The maximum absolute atomic E-state index is 9.93. The van der Waals surface area contributed by atoms with E-state index >= 15 is 0 Å². The van der Waals surface area contributed by atoms with Crippen LogP contribution in [0.4, 0.5) is 0 Å². The zero-order chi connectivity index (χ0) is 12.5. The molecule has 0 aliphatic heterocycles. The molecule has 4 heteroatoms. The van der Waals surface area contributed by atoms with E-state index in [1.165, 1.54) is 5.56 Å². The molecule has 1 atom stereocenters. The van der Waals surface area contributed by atoms with Crippen LogP contribution in [0.1, 0.15) is 40.1 Å². The Morgan fingerprint density at radius 3 is 3.11 bits per heavy atom. The number of rotatable bonds is 2. The number of nitrogens with zero attached hydrogens (tertiary/aromatic N) is 1. The Morgan fingerprint density at radius 2 is 2.33 bits per heavy atom. The third-order valence-corrected chi connectivity index (χ3v) is 4.64. The van der Waals surface area contributed by atoms with Crippen molar-refractivity contribution in [2.45, 2.75) is 31.8 Å². The number of aromatic nitrogens is 1. The Labute approximate surface area is 115 Å². The first kappa shape index (κ1) is 12.2. The molecule has 94 valence electrons. The molecule has 1 unspecified atom stereocenters. The first-order valence-electron chi connectivity index (χ1n) is 6.13. The van der Waals surface area contributed by atoms with Gasteiger partial charge in [-0.25, -0.2) is 4.98 Å². The Hall–Kier alpha value is -0.900. The van der Waals surface area contributed by atoms with Crippen LogP contribution in [0.5, 0.6) is 0 Å². The quantitative estimate of drug-likeness (QED) is 0.908. The van der Waals surface area contributed by atoms with Gasteiger partial charge < -0.3 is 5.11 Å². The van der Waals surface area contributed by atoms with Gasteiger partial charge in [0.2, 0.25) is 0 Å². The van der Waals surface area contributed by atoms with Gasteiger partial charge in [0.15, 0.2) is 0 Å². The van der Waals surface area contributed by atoms with Crippen molar-refractivity contribution in [2.75, 3.05) is 0 Å². The highest BCUT2D eigenvalue weighted by molar-refractivity contribution is 7.11. The summed E-state index contributed by atoms with van der Waals surface area (Å²) in [4.78, 5) is 5.71. The van der Waals surface area contributed by atoms with Crippen molar-refractivity contribution < 1.29 is 5.11 Å². The van der Waals surface area contributed by atoms with Crippen LogP contribution in [0.3, 0.4) is 0 Å².